The van der Waals surface area contributed by atoms with E-state index in [2.05, 4.69) is 25.6 Å². The van der Waals surface area contributed by atoms with Gasteiger partial charge in [-0.1, -0.05) is 6.07 Å². The number of nitrogens with zero attached hydrogens (tertiary/aromatic N) is 4. The summed E-state index contributed by atoms with van der Waals surface area (Å²) < 4.78 is 5.08. The molecule has 1 atom stereocenters. The highest BCUT2D eigenvalue weighted by Gasteiger charge is 2.20. The number of aromatic nitrogens is 2. The summed E-state index contributed by atoms with van der Waals surface area (Å²) in [6, 6.07) is 5.80. The molecule has 28 heavy (non-hydrogen) atoms. The summed E-state index contributed by atoms with van der Waals surface area (Å²) in [4.78, 5) is 27.9. The molecule has 2 N–H and O–H groups in total. The normalized spacial score (nSPS) is 12.4. The van der Waals surface area contributed by atoms with Crippen LogP contribution in [0, 0.1) is 6.92 Å². The quantitative estimate of drug-likeness (QED) is 0.416. The molecule has 152 valence electrons. The summed E-state index contributed by atoms with van der Waals surface area (Å²) in [5.74, 6) is 1.21. The van der Waals surface area contributed by atoms with Crippen LogP contribution in [0.1, 0.15) is 46.0 Å². The van der Waals surface area contributed by atoms with Gasteiger partial charge in [-0.2, -0.15) is 0 Å². The predicted octanol–water partition coefficient (Wildman–Crippen LogP) is 2.52. The van der Waals surface area contributed by atoms with E-state index in [4.69, 9.17) is 4.74 Å². The first kappa shape index (κ1) is 21.6. The number of hydrogen-bond acceptors (Lipinski definition) is 7. The summed E-state index contributed by atoms with van der Waals surface area (Å²) >= 11 is 1.34. The van der Waals surface area contributed by atoms with E-state index in [1.54, 1.807) is 14.0 Å². The number of rotatable bonds is 7. The molecule has 2 aromatic heterocycles. The SMILES string of the molecule is CCOC(=O)c1sc(C(C)NC(=NC)NCc2cccc(N(C)C)n2)nc1C. The molecule has 2 heterocycles. The highest BCUT2D eigenvalue weighted by Crippen LogP contribution is 2.24. The Kier molecular flexibility index (Phi) is 7.74. The van der Waals surface area contributed by atoms with Gasteiger partial charge in [0.1, 0.15) is 15.7 Å². The van der Waals surface area contributed by atoms with Crippen molar-refractivity contribution in [2.24, 2.45) is 4.99 Å². The van der Waals surface area contributed by atoms with Gasteiger partial charge in [0.25, 0.3) is 0 Å². The van der Waals surface area contributed by atoms with Crippen molar-refractivity contribution in [1.29, 1.82) is 0 Å². The van der Waals surface area contributed by atoms with Crippen molar-refractivity contribution in [2.45, 2.75) is 33.4 Å². The highest BCUT2D eigenvalue weighted by atomic mass is 32.1. The van der Waals surface area contributed by atoms with Gasteiger partial charge in [-0.3, -0.25) is 4.99 Å². The van der Waals surface area contributed by atoms with Crippen molar-refractivity contribution in [2.75, 3.05) is 32.6 Å². The van der Waals surface area contributed by atoms with Crippen molar-refractivity contribution < 1.29 is 9.53 Å². The van der Waals surface area contributed by atoms with E-state index >= 15 is 0 Å². The van der Waals surface area contributed by atoms with Gasteiger partial charge >= 0.3 is 5.97 Å². The van der Waals surface area contributed by atoms with Crippen molar-refractivity contribution in [1.82, 2.24) is 20.6 Å². The fourth-order valence-corrected chi connectivity index (χ4v) is 3.40. The Morgan fingerprint density at radius 1 is 1.36 bits per heavy atom. The molecule has 8 nitrogen and oxygen atoms in total. The van der Waals surface area contributed by atoms with Gasteiger partial charge in [-0.05, 0) is 32.9 Å². The monoisotopic (exact) mass is 404 g/mol. The third-order valence-corrected chi connectivity index (χ3v) is 5.23. The Bertz CT molecular complexity index is 834. The van der Waals surface area contributed by atoms with Crippen molar-refractivity contribution in [3.05, 3.63) is 39.5 Å². The molecule has 0 bridgehead atoms. The summed E-state index contributed by atoms with van der Waals surface area (Å²) in [5, 5.41) is 7.36. The number of aliphatic imine (C=N–C) groups is 1. The molecule has 0 aliphatic carbocycles. The first-order valence-electron chi connectivity index (χ1n) is 9.10. The maximum absolute atomic E-state index is 12.0. The molecule has 0 aromatic carbocycles. The largest absolute Gasteiger partial charge is 0.462 e. The second-order valence-electron chi connectivity index (χ2n) is 6.36. The van der Waals surface area contributed by atoms with Crippen LogP contribution in [-0.4, -0.2) is 49.6 Å². The van der Waals surface area contributed by atoms with Gasteiger partial charge in [-0.25, -0.2) is 14.8 Å². The zero-order valence-electron chi connectivity index (χ0n) is 17.2. The minimum Gasteiger partial charge on any atom is -0.462 e. The smallest absolute Gasteiger partial charge is 0.350 e. The number of anilines is 1. The first-order chi connectivity index (χ1) is 13.3. The van der Waals surface area contributed by atoms with Gasteiger partial charge in [0, 0.05) is 21.1 Å². The molecule has 0 saturated carbocycles. The van der Waals surface area contributed by atoms with E-state index in [1.807, 2.05) is 51.0 Å². The van der Waals surface area contributed by atoms with E-state index in [0.717, 1.165) is 16.5 Å². The van der Waals surface area contributed by atoms with E-state index < -0.39 is 0 Å². The number of carbonyl (C=O) groups is 1. The Labute approximate surface area is 170 Å². The Hall–Kier alpha value is -2.68. The topological polar surface area (TPSA) is 91.7 Å². The number of aryl methyl sites for hydroxylation is 1. The minimum absolute atomic E-state index is 0.112. The molecule has 0 aliphatic rings. The summed E-state index contributed by atoms with van der Waals surface area (Å²) in [7, 11) is 5.63. The van der Waals surface area contributed by atoms with Crippen molar-refractivity contribution in [3.8, 4) is 0 Å². The number of thiazole rings is 1. The van der Waals surface area contributed by atoms with Gasteiger partial charge in [0.15, 0.2) is 5.96 Å². The number of guanidine groups is 1. The van der Waals surface area contributed by atoms with Crippen LogP contribution in [0.3, 0.4) is 0 Å². The molecule has 2 rings (SSSR count). The van der Waals surface area contributed by atoms with E-state index in [1.165, 1.54) is 11.3 Å². The highest BCUT2D eigenvalue weighted by molar-refractivity contribution is 7.13. The molecule has 0 amide bonds. The molecule has 0 aliphatic heterocycles. The van der Waals surface area contributed by atoms with Crippen LogP contribution in [0.25, 0.3) is 0 Å². The number of carbonyl (C=O) groups excluding carboxylic acids is 1. The van der Waals surface area contributed by atoms with Crippen LogP contribution >= 0.6 is 11.3 Å². The van der Waals surface area contributed by atoms with E-state index in [9.17, 15) is 4.79 Å². The molecular formula is C19H28N6O2S. The molecule has 0 radical (unpaired) electrons. The molecular weight excluding hydrogens is 376 g/mol. The Morgan fingerprint density at radius 3 is 2.75 bits per heavy atom. The average Bonchev–Trinajstić information content (AvgIpc) is 3.07. The number of pyridine rings is 1. The van der Waals surface area contributed by atoms with Crippen LogP contribution < -0.4 is 15.5 Å². The van der Waals surface area contributed by atoms with Gasteiger partial charge in [-0.15, -0.1) is 11.3 Å². The Balaban J connectivity index is 2.00. The maximum Gasteiger partial charge on any atom is 0.350 e. The number of hydrogen-bond donors (Lipinski definition) is 2. The van der Waals surface area contributed by atoms with Crippen LogP contribution in [0.5, 0.6) is 0 Å². The summed E-state index contributed by atoms with van der Waals surface area (Å²) in [6.07, 6.45) is 0. The minimum atomic E-state index is -0.328. The molecule has 2 aromatic rings. The standard InChI is InChI=1S/C19H28N6O2S/c1-7-27-18(26)16-12(2)22-17(28-16)13(3)23-19(20-4)21-11-14-9-8-10-15(24-14)25(5)6/h8-10,13H,7,11H2,1-6H3,(H2,20,21,23). The molecule has 1 unspecified atom stereocenters. The van der Waals surface area contributed by atoms with Gasteiger partial charge in [0.05, 0.1) is 30.6 Å². The lowest BCUT2D eigenvalue weighted by Crippen LogP contribution is -2.38. The molecule has 0 saturated heterocycles. The second-order valence-corrected chi connectivity index (χ2v) is 7.39. The first-order valence-corrected chi connectivity index (χ1v) is 9.92. The van der Waals surface area contributed by atoms with Gasteiger partial charge in [0.2, 0.25) is 0 Å². The van der Waals surface area contributed by atoms with Gasteiger partial charge < -0.3 is 20.3 Å². The zero-order valence-corrected chi connectivity index (χ0v) is 18.1. The average molecular weight is 405 g/mol. The van der Waals surface area contributed by atoms with E-state index in [0.29, 0.717) is 29.7 Å². The molecule has 9 heteroatoms. The second kappa shape index (κ2) is 10.0. The van der Waals surface area contributed by atoms with Crippen molar-refractivity contribution in [3.63, 3.8) is 0 Å². The fraction of sp³-hybridized carbons (Fsp3) is 0.474. The summed E-state index contributed by atoms with van der Waals surface area (Å²) in [6.45, 7) is 6.47. The Morgan fingerprint density at radius 2 is 2.11 bits per heavy atom. The lowest BCUT2D eigenvalue weighted by atomic mass is 10.3. The van der Waals surface area contributed by atoms with Crippen LogP contribution in [0.15, 0.2) is 23.2 Å². The van der Waals surface area contributed by atoms with Crippen molar-refractivity contribution >= 4 is 29.1 Å². The van der Waals surface area contributed by atoms with Crippen LogP contribution in [-0.2, 0) is 11.3 Å². The van der Waals surface area contributed by atoms with Crippen LogP contribution in [0.2, 0.25) is 0 Å². The molecule has 0 fully saturated rings. The predicted molar refractivity (Wildman–Crippen MR) is 113 cm³/mol. The fourth-order valence-electron chi connectivity index (χ4n) is 2.44. The molecule has 0 spiro atoms. The third-order valence-electron chi connectivity index (χ3n) is 3.91. The lowest BCUT2D eigenvalue weighted by Gasteiger charge is -2.17. The van der Waals surface area contributed by atoms with E-state index in [-0.39, 0.29) is 12.0 Å². The number of ether oxygens (including phenoxy) is 1. The number of nitrogens with one attached hydrogen (secondary N) is 2. The maximum atomic E-state index is 12.0. The third kappa shape index (κ3) is 5.66. The lowest BCUT2D eigenvalue weighted by molar-refractivity contribution is 0.0531. The number of esters is 1. The van der Waals surface area contributed by atoms with Crippen LogP contribution in [0.4, 0.5) is 5.82 Å². The summed E-state index contributed by atoms with van der Waals surface area (Å²) in [5.41, 5.74) is 1.59. The zero-order chi connectivity index (χ0) is 20.7.